The van der Waals surface area contributed by atoms with Gasteiger partial charge in [-0.05, 0) is 220 Å². The number of hydrogen-bond donors (Lipinski definition) is 0. The van der Waals surface area contributed by atoms with Gasteiger partial charge < -0.3 is 0 Å². The van der Waals surface area contributed by atoms with E-state index in [1.807, 2.05) is 414 Å². The number of rotatable bonds is 0. The first-order valence-corrected chi connectivity index (χ1v) is 45.8. The smallest absolute Gasteiger partial charge is 0.159 e. The molecular formula is C113H143N17. The first-order valence-electron chi connectivity index (χ1n) is 45.8. The van der Waals surface area contributed by atoms with Crippen molar-refractivity contribution < 1.29 is 0 Å². The normalized spacial score (nSPS) is 9.15. The van der Waals surface area contributed by atoms with Crippen molar-refractivity contribution in [3.8, 4) is 0 Å². The van der Waals surface area contributed by atoms with Gasteiger partial charge in [-0.15, -0.1) is 0 Å². The zero-order chi connectivity index (χ0) is 96.8. The minimum absolute atomic E-state index is 0.823. The van der Waals surface area contributed by atoms with E-state index in [1.165, 1.54) is 27.1 Å². The summed E-state index contributed by atoms with van der Waals surface area (Å²) < 4.78 is 0. The Morgan fingerprint density at radius 1 is 0.154 bits per heavy atom. The molecule has 0 bridgehead atoms. The summed E-state index contributed by atoms with van der Waals surface area (Å²) in [5.41, 5.74) is 20.3. The van der Waals surface area contributed by atoms with Crippen LogP contribution in [0.25, 0.3) is 109 Å². The van der Waals surface area contributed by atoms with E-state index < -0.39 is 0 Å². The second-order valence-electron chi connectivity index (χ2n) is 25.6. The van der Waals surface area contributed by atoms with Gasteiger partial charge in [-0.25, -0.2) is 24.9 Å². The predicted octanol–water partition coefficient (Wildman–Crippen LogP) is 31.5. The van der Waals surface area contributed by atoms with Gasteiger partial charge in [0.15, 0.2) is 5.65 Å². The summed E-state index contributed by atoms with van der Waals surface area (Å²) in [5.74, 6) is 0.823. The Kier molecular flexibility index (Phi) is 61.2. The largest absolute Gasteiger partial charge is 0.264 e. The van der Waals surface area contributed by atoms with Crippen molar-refractivity contribution in [1.82, 2.24) is 84.7 Å². The Labute approximate surface area is 777 Å². The molecule has 0 saturated heterocycles. The summed E-state index contributed by atoms with van der Waals surface area (Å²) in [7, 11) is 0. The molecule has 5 aromatic carbocycles. The van der Waals surface area contributed by atoms with Gasteiger partial charge in [-0.2, -0.15) is 0 Å². The number of pyridine rings is 13. The van der Waals surface area contributed by atoms with E-state index in [2.05, 4.69) is 152 Å². The van der Waals surface area contributed by atoms with Gasteiger partial charge in [0.25, 0.3) is 0 Å². The van der Waals surface area contributed by atoms with Crippen LogP contribution in [0.2, 0.25) is 0 Å². The molecule has 0 saturated carbocycles. The average Bonchev–Trinajstić information content (AvgIpc) is 0.929. The molecule has 0 aliphatic rings. The molecule has 0 unspecified atom stereocenters. The van der Waals surface area contributed by atoms with Crippen molar-refractivity contribution in [3.05, 3.63) is 380 Å². The van der Waals surface area contributed by atoms with E-state index in [0.717, 1.165) is 139 Å². The van der Waals surface area contributed by atoms with Crippen LogP contribution in [-0.4, -0.2) is 84.7 Å². The summed E-state index contributed by atoms with van der Waals surface area (Å²) in [4.78, 5) is 71.5. The van der Waals surface area contributed by atoms with E-state index in [9.17, 15) is 0 Å². The first kappa shape index (κ1) is 114. The predicted molar refractivity (Wildman–Crippen MR) is 563 cm³/mol. The highest BCUT2D eigenvalue weighted by Gasteiger charge is 2.01. The monoisotopic (exact) mass is 1740 g/mol. The standard InChI is InChI=1S/3C10H9N.7C9H8N2.10C2H6/c1-8-4-5-9-3-2-6-11-10(9)7-8;1-8-6-9-4-2-3-5-10(9)7-11-8;1-8-6-7-9-4-2-3-5-10(9)11-8;1-7-2-3-8-6-10-5-4-9(8)11-7;1-7-2-3-8-4-5-10-6-9(8)11-7;1-7-4-5-8-9(11-7)3-2-6-10-8;1-7-4-5-8-3-2-6-10-9(8)11-7;1-7-5-8-3-2-4-10-9(8)6-11-7;1-7-10-6-8-4-2-3-5-9(8)11-7;1-7-6-10-8-4-2-3-5-9(8)11-7;10*1-2/h3*2-7H,1H3;7*2-6H,1H3;10*1-2H3. The van der Waals surface area contributed by atoms with Crippen LogP contribution in [0.1, 0.15) is 195 Å². The number of fused-ring (bicyclic) bond motifs is 10. The Bertz CT molecular complexity index is 5100. The lowest BCUT2D eigenvalue weighted by Gasteiger charge is -1.96. The lowest BCUT2D eigenvalue weighted by Crippen LogP contribution is -1.86. The van der Waals surface area contributed by atoms with Gasteiger partial charge >= 0.3 is 0 Å². The molecule has 0 aliphatic carbocycles. The molecule has 0 fully saturated rings. The third kappa shape index (κ3) is 42.0. The molecule has 0 radical (unpaired) electrons. The molecule has 20 aromatic rings. The van der Waals surface area contributed by atoms with Crippen LogP contribution in [0.15, 0.2) is 323 Å². The Morgan fingerprint density at radius 3 is 1.12 bits per heavy atom. The third-order valence-corrected chi connectivity index (χ3v) is 16.5. The van der Waals surface area contributed by atoms with Crippen molar-refractivity contribution in [2.45, 2.75) is 208 Å². The van der Waals surface area contributed by atoms with Crippen molar-refractivity contribution in [2.24, 2.45) is 0 Å². The second-order valence-corrected chi connectivity index (χ2v) is 25.6. The van der Waals surface area contributed by atoms with Crippen molar-refractivity contribution in [2.75, 3.05) is 0 Å². The van der Waals surface area contributed by atoms with Gasteiger partial charge in [-0.1, -0.05) is 248 Å². The van der Waals surface area contributed by atoms with Crippen LogP contribution < -0.4 is 0 Å². The summed E-state index contributed by atoms with van der Waals surface area (Å²) in [6, 6.07) is 82.5. The van der Waals surface area contributed by atoms with Crippen LogP contribution in [0.3, 0.4) is 0 Å². The highest BCUT2D eigenvalue weighted by molar-refractivity contribution is 5.84. The topological polar surface area (TPSA) is 219 Å². The SMILES string of the molecule is CC.CC.CC.CC.CC.CC.CC.CC.CC.CC.Cc1cc2ccccc2cn1.Cc1cc2cccnc2cn1.Cc1ccc2ccccc2n1.Cc1ccc2cccnc2c1.Cc1ccc2cccnc2n1.Cc1ccc2ccncc2n1.Cc1ccc2cnccc2n1.Cc1ccc2ncccc2n1.Cc1cnc2ccccc2n1.Cc1ncc2ccccc2n1. The number of hydrogen-bond acceptors (Lipinski definition) is 17. The number of aromatic nitrogens is 17. The average molecular weight is 1740 g/mol. The van der Waals surface area contributed by atoms with Gasteiger partial charge in [0.05, 0.1) is 73.3 Å². The van der Waals surface area contributed by atoms with E-state index in [0.29, 0.717) is 0 Å². The van der Waals surface area contributed by atoms with Crippen LogP contribution >= 0.6 is 0 Å². The zero-order valence-corrected chi connectivity index (χ0v) is 83.2. The maximum absolute atomic E-state index is 4.38. The van der Waals surface area contributed by atoms with Crippen LogP contribution in [0.4, 0.5) is 0 Å². The minimum atomic E-state index is 0.823. The number of nitrogens with zero attached hydrogens (tertiary/aromatic N) is 17. The molecular weight excluding hydrogens is 1600 g/mol. The second kappa shape index (κ2) is 69.9. The Morgan fingerprint density at radius 2 is 0.508 bits per heavy atom. The zero-order valence-electron chi connectivity index (χ0n) is 83.2. The fourth-order valence-electron chi connectivity index (χ4n) is 11.0. The first-order chi connectivity index (χ1) is 63.6. The molecule has 15 heterocycles. The van der Waals surface area contributed by atoms with Crippen LogP contribution in [0, 0.1) is 69.2 Å². The molecule has 130 heavy (non-hydrogen) atoms. The molecule has 15 aromatic heterocycles. The molecule has 17 nitrogen and oxygen atoms in total. The molecule has 680 valence electrons. The number of benzene rings is 5. The summed E-state index contributed by atoms with van der Waals surface area (Å²) in [6.07, 6.45) is 21.6. The molecule has 0 atom stereocenters. The Hall–Kier alpha value is -14.2. The quantitative estimate of drug-likeness (QED) is 0.138. The molecule has 20 rings (SSSR count). The number of para-hydroxylation sites is 4. The lowest BCUT2D eigenvalue weighted by atomic mass is 10.1. The van der Waals surface area contributed by atoms with Crippen molar-refractivity contribution in [3.63, 3.8) is 0 Å². The van der Waals surface area contributed by atoms with Gasteiger partial charge in [0, 0.05) is 145 Å². The highest BCUT2D eigenvalue weighted by Crippen LogP contribution is 2.18. The molecule has 0 spiro atoms. The van der Waals surface area contributed by atoms with E-state index in [1.54, 1.807) is 49.6 Å². The fourth-order valence-corrected chi connectivity index (χ4v) is 11.0. The van der Waals surface area contributed by atoms with Crippen molar-refractivity contribution >= 4 is 109 Å². The van der Waals surface area contributed by atoms with Crippen LogP contribution in [-0.2, 0) is 0 Å². The lowest BCUT2D eigenvalue weighted by molar-refractivity contribution is 1.09. The van der Waals surface area contributed by atoms with Gasteiger partial charge in [0.1, 0.15) is 5.82 Å². The van der Waals surface area contributed by atoms with Gasteiger partial charge in [-0.3, -0.25) is 59.8 Å². The van der Waals surface area contributed by atoms with Crippen LogP contribution in [0.5, 0.6) is 0 Å². The summed E-state index contributed by atoms with van der Waals surface area (Å²) >= 11 is 0. The molecule has 17 heteroatoms. The number of aryl methyl sites for hydroxylation is 10. The minimum Gasteiger partial charge on any atom is -0.264 e. The Balaban J connectivity index is 0.000000706. The fraction of sp³-hybridized carbons (Fsp3) is 0.265. The third-order valence-electron chi connectivity index (χ3n) is 16.5. The van der Waals surface area contributed by atoms with E-state index in [4.69, 9.17) is 0 Å². The molecule has 0 amide bonds. The molecule has 0 aliphatic heterocycles. The summed E-state index contributed by atoms with van der Waals surface area (Å²) in [6.45, 7) is 59.8. The van der Waals surface area contributed by atoms with E-state index in [-0.39, 0.29) is 0 Å². The highest BCUT2D eigenvalue weighted by atomic mass is 14.9. The van der Waals surface area contributed by atoms with E-state index >= 15 is 0 Å². The summed E-state index contributed by atoms with van der Waals surface area (Å²) in [5, 5.41) is 10.5. The maximum atomic E-state index is 4.38. The van der Waals surface area contributed by atoms with Gasteiger partial charge in [0.2, 0.25) is 0 Å². The maximum Gasteiger partial charge on any atom is 0.159 e. The molecule has 0 N–H and O–H groups in total. The van der Waals surface area contributed by atoms with Crippen molar-refractivity contribution in [1.29, 1.82) is 0 Å².